The van der Waals surface area contributed by atoms with E-state index in [0.29, 0.717) is 0 Å². The Labute approximate surface area is 83.2 Å². The Bertz CT molecular complexity index is 295. The van der Waals surface area contributed by atoms with Gasteiger partial charge in [0.15, 0.2) is 0 Å². The van der Waals surface area contributed by atoms with Crippen LogP contribution in [-0.2, 0) is 0 Å². The zero-order chi connectivity index (χ0) is 10.4. The lowest BCUT2D eigenvalue weighted by molar-refractivity contribution is 0.107. The third-order valence-electron chi connectivity index (χ3n) is 1.36. The first-order valence-electron chi connectivity index (χ1n) is 4.10. The van der Waals surface area contributed by atoms with Gasteiger partial charge < -0.3 is 5.11 Å². The number of rotatable bonds is 1. The second kappa shape index (κ2) is 5.60. The first-order chi connectivity index (χ1) is 6.11. The van der Waals surface area contributed by atoms with E-state index in [1.165, 1.54) is 6.07 Å². The molecule has 0 fully saturated rings. The second-order valence-electron chi connectivity index (χ2n) is 2.29. The van der Waals surface area contributed by atoms with Crippen molar-refractivity contribution in [3.8, 4) is 5.75 Å². The summed E-state index contributed by atoms with van der Waals surface area (Å²) >= 11 is 5.18. The van der Waals surface area contributed by atoms with Crippen LogP contribution in [0.3, 0.4) is 0 Å². The molecular formula is C10H13ClO2. The minimum Gasteiger partial charge on any atom is -0.507 e. The number of aryl methyl sites for hydroxylation is 1. The van der Waals surface area contributed by atoms with Crippen LogP contribution in [0.1, 0.15) is 29.8 Å². The lowest BCUT2D eigenvalue weighted by atomic mass is 10.1. The van der Waals surface area contributed by atoms with E-state index in [4.69, 9.17) is 16.7 Å². The summed E-state index contributed by atoms with van der Waals surface area (Å²) in [5, 5.41) is 8.47. The first kappa shape index (κ1) is 12.0. The van der Waals surface area contributed by atoms with E-state index in [9.17, 15) is 4.79 Å². The zero-order valence-corrected chi connectivity index (χ0v) is 8.72. The van der Waals surface area contributed by atoms with Crippen molar-refractivity contribution in [3.63, 3.8) is 0 Å². The number of halogens is 1. The zero-order valence-electron chi connectivity index (χ0n) is 7.97. The first-order valence-corrected chi connectivity index (χ1v) is 4.48. The largest absolute Gasteiger partial charge is 0.507 e. The molecule has 0 bridgehead atoms. The molecule has 0 spiro atoms. The van der Waals surface area contributed by atoms with E-state index < -0.39 is 5.24 Å². The van der Waals surface area contributed by atoms with Gasteiger partial charge in [-0.3, -0.25) is 4.79 Å². The molecule has 0 saturated carbocycles. The van der Waals surface area contributed by atoms with Gasteiger partial charge in [-0.1, -0.05) is 25.5 Å². The van der Waals surface area contributed by atoms with Crippen molar-refractivity contribution in [3.05, 3.63) is 29.3 Å². The summed E-state index contributed by atoms with van der Waals surface area (Å²) in [6.07, 6.45) is 0. The van der Waals surface area contributed by atoms with Crippen LogP contribution in [0.4, 0.5) is 0 Å². The van der Waals surface area contributed by atoms with Crippen LogP contribution >= 0.6 is 11.6 Å². The van der Waals surface area contributed by atoms with Crippen LogP contribution in [0, 0.1) is 6.92 Å². The molecular weight excluding hydrogens is 188 g/mol. The Balaban J connectivity index is 0.000000671. The maximum absolute atomic E-state index is 10.6. The van der Waals surface area contributed by atoms with Gasteiger partial charge in [0.25, 0.3) is 5.24 Å². The summed E-state index contributed by atoms with van der Waals surface area (Å²) in [4.78, 5) is 10.6. The van der Waals surface area contributed by atoms with Crippen LogP contribution in [0.25, 0.3) is 0 Å². The van der Waals surface area contributed by atoms with Crippen LogP contribution in [-0.4, -0.2) is 10.3 Å². The highest BCUT2D eigenvalue weighted by Crippen LogP contribution is 2.19. The lowest BCUT2D eigenvalue weighted by Gasteiger charge is -1.98. The summed E-state index contributed by atoms with van der Waals surface area (Å²) in [5.74, 6) is -0.0735. The van der Waals surface area contributed by atoms with Gasteiger partial charge in [0.1, 0.15) is 5.75 Å². The van der Waals surface area contributed by atoms with Gasteiger partial charge in [0, 0.05) is 0 Å². The Morgan fingerprint density at radius 1 is 1.38 bits per heavy atom. The Morgan fingerprint density at radius 3 is 2.31 bits per heavy atom. The van der Waals surface area contributed by atoms with E-state index >= 15 is 0 Å². The monoisotopic (exact) mass is 200 g/mol. The van der Waals surface area contributed by atoms with Gasteiger partial charge >= 0.3 is 0 Å². The summed E-state index contributed by atoms with van der Waals surface area (Å²) in [5.41, 5.74) is 1.05. The van der Waals surface area contributed by atoms with Crippen molar-refractivity contribution in [1.29, 1.82) is 0 Å². The fraction of sp³-hybridized carbons (Fsp3) is 0.300. The summed E-state index contributed by atoms with van der Waals surface area (Å²) < 4.78 is 0. The highest BCUT2D eigenvalue weighted by Gasteiger charge is 2.06. The Kier molecular flexibility index (Phi) is 5.16. The molecule has 3 heteroatoms. The van der Waals surface area contributed by atoms with Crippen LogP contribution < -0.4 is 0 Å². The minimum absolute atomic E-state index is 0.0735. The van der Waals surface area contributed by atoms with Crippen molar-refractivity contribution in [2.75, 3.05) is 0 Å². The molecule has 1 aromatic carbocycles. The van der Waals surface area contributed by atoms with Gasteiger partial charge in [0.05, 0.1) is 5.56 Å². The molecule has 0 saturated heterocycles. The van der Waals surface area contributed by atoms with Gasteiger partial charge in [-0.05, 0) is 30.7 Å². The van der Waals surface area contributed by atoms with Crippen molar-refractivity contribution >= 4 is 16.8 Å². The Hall–Kier alpha value is -1.02. The van der Waals surface area contributed by atoms with Crippen molar-refractivity contribution in [2.45, 2.75) is 20.8 Å². The number of benzene rings is 1. The summed E-state index contributed by atoms with van der Waals surface area (Å²) in [6, 6.07) is 4.70. The molecule has 0 amide bonds. The van der Waals surface area contributed by atoms with Crippen molar-refractivity contribution in [2.24, 2.45) is 0 Å². The number of carbonyl (C=O) groups excluding carboxylic acids is 1. The molecule has 13 heavy (non-hydrogen) atoms. The van der Waals surface area contributed by atoms with E-state index in [2.05, 4.69) is 0 Å². The molecule has 1 N–H and O–H groups in total. The summed E-state index contributed by atoms with van der Waals surface area (Å²) in [7, 11) is 0. The van der Waals surface area contributed by atoms with E-state index in [-0.39, 0.29) is 11.3 Å². The SMILES string of the molecule is CC.Cc1ccc(O)c(C(=O)Cl)c1. The molecule has 0 aliphatic heterocycles. The molecule has 0 heterocycles. The molecule has 0 aliphatic rings. The topological polar surface area (TPSA) is 37.3 Å². The fourth-order valence-electron chi connectivity index (χ4n) is 0.807. The van der Waals surface area contributed by atoms with Gasteiger partial charge in [-0.25, -0.2) is 0 Å². The van der Waals surface area contributed by atoms with Crippen LogP contribution in [0.15, 0.2) is 18.2 Å². The molecule has 0 aromatic heterocycles. The maximum atomic E-state index is 10.6. The highest BCUT2D eigenvalue weighted by molar-refractivity contribution is 6.68. The fourth-order valence-corrected chi connectivity index (χ4v) is 0.959. The number of hydrogen-bond donors (Lipinski definition) is 1. The lowest BCUT2D eigenvalue weighted by Crippen LogP contribution is -1.89. The van der Waals surface area contributed by atoms with Gasteiger partial charge in [-0.2, -0.15) is 0 Å². The average molecular weight is 201 g/mol. The van der Waals surface area contributed by atoms with E-state index in [1.807, 2.05) is 20.8 Å². The number of hydrogen-bond acceptors (Lipinski definition) is 2. The third kappa shape index (κ3) is 3.47. The molecule has 0 radical (unpaired) electrons. The van der Waals surface area contributed by atoms with Gasteiger partial charge in [0.2, 0.25) is 0 Å². The number of phenolic OH excluding ortho intramolecular Hbond substituents is 1. The highest BCUT2D eigenvalue weighted by atomic mass is 35.5. The predicted molar refractivity (Wildman–Crippen MR) is 54.4 cm³/mol. The molecule has 0 unspecified atom stereocenters. The molecule has 0 aliphatic carbocycles. The summed E-state index contributed by atoms with van der Waals surface area (Å²) in [6.45, 7) is 5.82. The molecule has 1 rings (SSSR count). The second-order valence-corrected chi connectivity index (χ2v) is 2.64. The van der Waals surface area contributed by atoms with E-state index in [1.54, 1.807) is 12.1 Å². The molecule has 72 valence electrons. The van der Waals surface area contributed by atoms with Crippen molar-refractivity contribution < 1.29 is 9.90 Å². The molecule has 0 atom stereocenters. The maximum Gasteiger partial charge on any atom is 0.256 e. The van der Waals surface area contributed by atoms with E-state index in [0.717, 1.165) is 5.56 Å². The van der Waals surface area contributed by atoms with Crippen LogP contribution in [0.5, 0.6) is 5.75 Å². The molecule has 1 aromatic rings. The third-order valence-corrected chi connectivity index (χ3v) is 1.57. The van der Waals surface area contributed by atoms with Crippen LogP contribution in [0.2, 0.25) is 0 Å². The number of aromatic hydroxyl groups is 1. The smallest absolute Gasteiger partial charge is 0.256 e. The Morgan fingerprint density at radius 2 is 1.92 bits per heavy atom. The number of carbonyl (C=O) groups is 1. The minimum atomic E-state index is -0.633. The number of phenols is 1. The quantitative estimate of drug-likeness (QED) is 0.708. The van der Waals surface area contributed by atoms with Crippen molar-refractivity contribution in [1.82, 2.24) is 0 Å². The standard InChI is InChI=1S/C8H7ClO2.C2H6/c1-5-2-3-7(10)6(4-5)8(9)11;1-2/h2-4,10H,1H3;1-2H3. The predicted octanol–water partition coefficient (Wildman–Crippen LogP) is 3.11. The normalized spacial score (nSPS) is 8.62. The van der Waals surface area contributed by atoms with Gasteiger partial charge in [-0.15, -0.1) is 0 Å². The average Bonchev–Trinajstić information content (AvgIpc) is 2.12. The molecule has 2 nitrogen and oxygen atoms in total.